The fraction of sp³-hybridized carbons (Fsp3) is 0.812. The first-order chi connectivity index (χ1) is 10.8. The average Bonchev–Trinajstić information content (AvgIpc) is 3.17. The second-order valence-electron chi connectivity index (χ2n) is 6.56. The first-order valence-corrected chi connectivity index (χ1v) is 8.66. The van der Waals surface area contributed by atoms with Gasteiger partial charge in [-0.1, -0.05) is 13.3 Å². The van der Waals surface area contributed by atoms with Gasteiger partial charge in [-0.25, -0.2) is 0 Å². The molecule has 22 heavy (non-hydrogen) atoms. The molecule has 2 atom stereocenters. The minimum Gasteiger partial charge on any atom is -0.356 e. The maximum Gasteiger partial charge on any atom is 0.191 e. The van der Waals surface area contributed by atoms with Gasteiger partial charge in [0.15, 0.2) is 5.96 Å². The van der Waals surface area contributed by atoms with Crippen LogP contribution in [-0.4, -0.2) is 40.4 Å². The van der Waals surface area contributed by atoms with E-state index >= 15 is 0 Å². The maximum absolute atomic E-state index is 4.38. The highest BCUT2D eigenvalue weighted by molar-refractivity contribution is 5.80. The van der Waals surface area contributed by atoms with E-state index in [0.717, 1.165) is 50.1 Å². The van der Waals surface area contributed by atoms with Crippen LogP contribution in [0.15, 0.2) is 4.99 Å². The zero-order valence-electron chi connectivity index (χ0n) is 13.8. The van der Waals surface area contributed by atoms with E-state index < -0.39 is 0 Å². The molecule has 2 N–H and O–H groups in total. The molecule has 1 aromatic heterocycles. The largest absolute Gasteiger partial charge is 0.356 e. The summed E-state index contributed by atoms with van der Waals surface area (Å²) in [6, 6.07) is 0.610. The average molecular weight is 304 g/mol. The lowest BCUT2D eigenvalue weighted by Crippen LogP contribution is -2.39. The molecule has 1 aliphatic carbocycles. The number of hydrogen-bond acceptors (Lipinski definition) is 3. The van der Waals surface area contributed by atoms with Gasteiger partial charge in [0.05, 0.1) is 0 Å². The first-order valence-electron chi connectivity index (χ1n) is 8.66. The molecule has 0 bridgehead atoms. The van der Waals surface area contributed by atoms with Crippen LogP contribution in [0.25, 0.3) is 0 Å². The van der Waals surface area contributed by atoms with Gasteiger partial charge in [-0.15, -0.1) is 10.2 Å². The van der Waals surface area contributed by atoms with Gasteiger partial charge in [0, 0.05) is 39.0 Å². The molecule has 0 aromatic carbocycles. The monoisotopic (exact) mass is 304 g/mol. The molecule has 0 amide bonds. The van der Waals surface area contributed by atoms with Crippen LogP contribution in [-0.2, 0) is 19.4 Å². The van der Waals surface area contributed by atoms with Gasteiger partial charge in [-0.05, 0) is 31.6 Å². The van der Waals surface area contributed by atoms with Crippen LogP contribution in [0.5, 0.6) is 0 Å². The van der Waals surface area contributed by atoms with E-state index in [4.69, 9.17) is 0 Å². The summed E-state index contributed by atoms with van der Waals surface area (Å²) in [5, 5.41) is 15.6. The van der Waals surface area contributed by atoms with Crippen LogP contribution >= 0.6 is 0 Å². The second-order valence-corrected chi connectivity index (χ2v) is 6.56. The van der Waals surface area contributed by atoms with Gasteiger partial charge in [0.25, 0.3) is 0 Å². The number of fused-ring (bicyclic) bond motifs is 1. The van der Waals surface area contributed by atoms with Crippen molar-refractivity contribution in [2.24, 2.45) is 10.9 Å². The van der Waals surface area contributed by atoms with E-state index in [2.05, 4.69) is 37.3 Å². The number of aromatic nitrogens is 3. The van der Waals surface area contributed by atoms with Gasteiger partial charge in [-0.3, -0.25) is 4.99 Å². The predicted octanol–water partition coefficient (Wildman–Crippen LogP) is 1.51. The van der Waals surface area contributed by atoms with Gasteiger partial charge < -0.3 is 15.2 Å². The van der Waals surface area contributed by atoms with Crippen LogP contribution in [0.2, 0.25) is 0 Å². The molecule has 2 aliphatic rings. The molecule has 1 aromatic rings. The van der Waals surface area contributed by atoms with Crippen molar-refractivity contribution in [2.75, 3.05) is 13.6 Å². The Kier molecular flexibility index (Phi) is 4.95. The topological polar surface area (TPSA) is 67.1 Å². The van der Waals surface area contributed by atoms with Gasteiger partial charge in [0.1, 0.15) is 11.6 Å². The predicted molar refractivity (Wildman–Crippen MR) is 88.0 cm³/mol. The highest BCUT2D eigenvalue weighted by Crippen LogP contribution is 2.28. The van der Waals surface area contributed by atoms with E-state index in [9.17, 15) is 0 Å². The minimum atomic E-state index is 0.610. The van der Waals surface area contributed by atoms with Crippen molar-refractivity contribution in [3.63, 3.8) is 0 Å². The van der Waals surface area contributed by atoms with E-state index in [1.165, 1.54) is 31.5 Å². The quantitative estimate of drug-likeness (QED) is 0.491. The van der Waals surface area contributed by atoms with Crippen LogP contribution in [0.3, 0.4) is 0 Å². The van der Waals surface area contributed by atoms with Crippen LogP contribution in [0, 0.1) is 5.92 Å². The van der Waals surface area contributed by atoms with Crippen LogP contribution in [0.1, 0.15) is 50.7 Å². The van der Waals surface area contributed by atoms with Crippen molar-refractivity contribution >= 4 is 5.96 Å². The molecule has 122 valence electrons. The van der Waals surface area contributed by atoms with E-state index in [-0.39, 0.29) is 0 Å². The molecule has 0 saturated heterocycles. The van der Waals surface area contributed by atoms with Crippen molar-refractivity contribution in [3.8, 4) is 0 Å². The van der Waals surface area contributed by atoms with Crippen molar-refractivity contribution in [1.82, 2.24) is 25.4 Å². The summed E-state index contributed by atoms with van der Waals surface area (Å²) in [6.07, 6.45) is 8.20. The Balaban J connectivity index is 1.42. The van der Waals surface area contributed by atoms with E-state index in [1.54, 1.807) is 0 Å². The number of aryl methyl sites for hydroxylation is 2. The van der Waals surface area contributed by atoms with Gasteiger partial charge >= 0.3 is 0 Å². The number of aliphatic imine (C=N–C) groups is 1. The molecule has 0 radical (unpaired) electrons. The summed E-state index contributed by atoms with van der Waals surface area (Å²) in [4.78, 5) is 4.28. The fourth-order valence-corrected chi connectivity index (χ4v) is 3.08. The van der Waals surface area contributed by atoms with E-state index in [1.807, 2.05) is 7.05 Å². The molecule has 1 saturated carbocycles. The first kappa shape index (κ1) is 15.3. The normalized spacial score (nSPS) is 24.5. The smallest absolute Gasteiger partial charge is 0.191 e. The third kappa shape index (κ3) is 3.78. The molecular weight excluding hydrogens is 276 g/mol. The second kappa shape index (κ2) is 7.11. The molecule has 1 fully saturated rings. The highest BCUT2D eigenvalue weighted by Gasteiger charge is 2.33. The molecule has 0 spiro atoms. The Morgan fingerprint density at radius 1 is 1.32 bits per heavy atom. The molecule has 3 rings (SSSR count). The van der Waals surface area contributed by atoms with Gasteiger partial charge in [-0.2, -0.15) is 0 Å². The van der Waals surface area contributed by atoms with Crippen molar-refractivity contribution in [2.45, 2.75) is 64.5 Å². The summed E-state index contributed by atoms with van der Waals surface area (Å²) in [7, 11) is 1.83. The number of nitrogens with one attached hydrogen (secondary N) is 2. The standard InChI is InChI=1S/C16H28N6/c1-12-11-13(12)19-16(17-2)18-9-6-8-15-21-20-14-7-4-3-5-10-22(14)15/h12-13H,3-11H2,1-2H3,(H2,17,18,19). The number of guanidine groups is 1. The Hall–Kier alpha value is -1.59. The number of rotatable bonds is 5. The number of nitrogens with zero attached hydrogens (tertiary/aromatic N) is 4. The third-order valence-electron chi connectivity index (χ3n) is 4.71. The Bertz CT molecular complexity index is 521. The van der Waals surface area contributed by atoms with Crippen LogP contribution in [0.4, 0.5) is 0 Å². The zero-order valence-corrected chi connectivity index (χ0v) is 13.8. The fourth-order valence-electron chi connectivity index (χ4n) is 3.08. The SMILES string of the molecule is CN=C(NCCCc1nnc2n1CCCCC2)NC1CC1C. The molecular formula is C16H28N6. The third-order valence-corrected chi connectivity index (χ3v) is 4.71. The lowest BCUT2D eigenvalue weighted by atomic mass is 10.2. The molecule has 6 nitrogen and oxygen atoms in total. The summed E-state index contributed by atoms with van der Waals surface area (Å²) in [5.74, 6) is 4.04. The molecule has 2 unspecified atom stereocenters. The summed E-state index contributed by atoms with van der Waals surface area (Å²) in [6.45, 7) is 4.28. The zero-order chi connectivity index (χ0) is 15.4. The summed E-state index contributed by atoms with van der Waals surface area (Å²) >= 11 is 0. The van der Waals surface area contributed by atoms with Crippen LogP contribution < -0.4 is 10.6 Å². The van der Waals surface area contributed by atoms with Crippen molar-refractivity contribution in [3.05, 3.63) is 11.6 Å². The van der Waals surface area contributed by atoms with Gasteiger partial charge in [0.2, 0.25) is 0 Å². The summed E-state index contributed by atoms with van der Waals surface area (Å²) < 4.78 is 2.34. The maximum atomic E-state index is 4.38. The molecule has 2 heterocycles. The summed E-state index contributed by atoms with van der Waals surface area (Å²) in [5.41, 5.74) is 0. The Morgan fingerprint density at radius 3 is 2.95 bits per heavy atom. The highest BCUT2D eigenvalue weighted by atomic mass is 15.3. The van der Waals surface area contributed by atoms with E-state index in [0.29, 0.717) is 6.04 Å². The Labute approximate surface area is 132 Å². The molecule has 1 aliphatic heterocycles. The molecule has 6 heteroatoms. The lowest BCUT2D eigenvalue weighted by Gasteiger charge is -2.11. The lowest BCUT2D eigenvalue weighted by molar-refractivity contribution is 0.593. The Morgan fingerprint density at radius 2 is 2.18 bits per heavy atom. The minimum absolute atomic E-state index is 0.610. The number of hydrogen-bond donors (Lipinski definition) is 2. The van der Waals surface area contributed by atoms with Crippen molar-refractivity contribution < 1.29 is 0 Å². The van der Waals surface area contributed by atoms with Crippen molar-refractivity contribution in [1.29, 1.82) is 0 Å².